The number of rotatable bonds is 5. The first-order valence-electron chi connectivity index (χ1n) is 12.2. The molecule has 0 spiro atoms. The van der Waals surface area contributed by atoms with Crippen LogP contribution in [0.5, 0.6) is 0 Å². The van der Waals surface area contributed by atoms with Crippen LogP contribution in [0.25, 0.3) is 0 Å². The first-order chi connectivity index (χ1) is 13.7. The zero-order valence-electron chi connectivity index (χ0n) is 20.1. The lowest BCUT2D eigenvalue weighted by Crippen LogP contribution is -2.35. The van der Waals surface area contributed by atoms with E-state index in [4.69, 9.17) is 0 Å². The van der Waals surface area contributed by atoms with Gasteiger partial charge in [-0.1, -0.05) is 76.6 Å². The zero-order chi connectivity index (χ0) is 21.2. The summed E-state index contributed by atoms with van der Waals surface area (Å²) in [5.41, 5.74) is 4.61. The van der Waals surface area contributed by atoms with Crippen LogP contribution < -0.4 is 0 Å². The smallest absolute Gasteiger partial charge is 0.0583 e. The number of hydrogen-bond donors (Lipinski definition) is 1. The van der Waals surface area contributed by atoms with Crippen LogP contribution in [0.15, 0.2) is 47.6 Å². The molecule has 3 aliphatic rings. The fourth-order valence-electron chi connectivity index (χ4n) is 6.25. The molecule has 170 valence electrons. The summed E-state index contributed by atoms with van der Waals surface area (Å²) in [6.07, 6.45) is 18.8. The number of aliphatic hydroxyl groups is 1. The van der Waals surface area contributed by atoms with Crippen molar-refractivity contribution < 1.29 is 10.6 Å². The molecule has 0 aromatic rings. The van der Waals surface area contributed by atoms with Crippen molar-refractivity contribution in [2.75, 3.05) is 0 Å². The molecule has 2 nitrogen and oxygen atoms in total. The lowest BCUT2D eigenvalue weighted by molar-refractivity contribution is 0.112. The molecule has 6 atom stereocenters. The van der Waals surface area contributed by atoms with Gasteiger partial charge in [-0.15, -0.1) is 0 Å². The van der Waals surface area contributed by atoms with Crippen LogP contribution in [0.2, 0.25) is 0 Å². The fraction of sp³-hybridized carbons (Fsp3) is 0.714. The Labute approximate surface area is 185 Å². The Balaban J connectivity index is 0.00000320. The molecule has 30 heavy (non-hydrogen) atoms. The highest BCUT2D eigenvalue weighted by atomic mass is 16.3. The summed E-state index contributed by atoms with van der Waals surface area (Å²) in [6.45, 7) is 16.3. The van der Waals surface area contributed by atoms with E-state index in [1.807, 2.05) is 0 Å². The van der Waals surface area contributed by atoms with E-state index in [0.29, 0.717) is 17.3 Å². The Kier molecular flexibility index (Phi) is 8.77. The summed E-state index contributed by atoms with van der Waals surface area (Å²) in [7, 11) is 0. The zero-order valence-corrected chi connectivity index (χ0v) is 20.1. The van der Waals surface area contributed by atoms with Gasteiger partial charge in [-0.3, -0.25) is 0 Å². The highest BCUT2D eigenvalue weighted by Crippen LogP contribution is 2.59. The van der Waals surface area contributed by atoms with Gasteiger partial charge in [-0.05, 0) is 91.9 Å². The monoisotopic (exact) mass is 414 g/mol. The molecule has 0 saturated heterocycles. The second-order valence-electron chi connectivity index (χ2n) is 10.9. The maximum atomic E-state index is 10.0. The van der Waals surface area contributed by atoms with Crippen LogP contribution in [0.3, 0.4) is 0 Å². The number of fused-ring (bicyclic) bond motifs is 1. The minimum atomic E-state index is -0.182. The van der Waals surface area contributed by atoms with E-state index in [2.05, 4.69) is 65.5 Å². The van der Waals surface area contributed by atoms with E-state index in [9.17, 15) is 5.11 Å². The molecule has 0 aromatic heterocycles. The Bertz CT molecular complexity index is 683. The van der Waals surface area contributed by atoms with Gasteiger partial charge in [0, 0.05) is 0 Å². The molecule has 2 heteroatoms. The van der Waals surface area contributed by atoms with E-state index in [0.717, 1.165) is 37.0 Å². The molecule has 0 bridgehead atoms. The molecule has 0 aromatic carbocycles. The van der Waals surface area contributed by atoms with Crippen molar-refractivity contribution in [3.63, 3.8) is 0 Å². The Hall–Kier alpha value is -1.12. The van der Waals surface area contributed by atoms with Crippen LogP contribution in [0.1, 0.15) is 86.0 Å². The molecule has 0 unspecified atom stereocenters. The van der Waals surface area contributed by atoms with Gasteiger partial charge < -0.3 is 10.6 Å². The quantitative estimate of drug-likeness (QED) is 0.493. The molecule has 3 rings (SSSR count). The van der Waals surface area contributed by atoms with Crippen molar-refractivity contribution in [3.8, 4) is 0 Å². The summed E-state index contributed by atoms with van der Waals surface area (Å²) < 4.78 is 0. The molecule has 0 aliphatic heterocycles. The lowest BCUT2D eigenvalue weighted by atomic mass is 9.61. The van der Waals surface area contributed by atoms with Gasteiger partial charge in [-0.25, -0.2) is 0 Å². The molecule has 3 fully saturated rings. The van der Waals surface area contributed by atoms with Crippen molar-refractivity contribution in [2.45, 2.75) is 92.1 Å². The molecular weight excluding hydrogens is 368 g/mol. The topological polar surface area (TPSA) is 51.7 Å². The Morgan fingerprint density at radius 1 is 1.03 bits per heavy atom. The van der Waals surface area contributed by atoms with Crippen molar-refractivity contribution in [1.29, 1.82) is 0 Å². The fourth-order valence-corrected chi connectivity index (χ4v) is 6.25. The van der Waals surface area contributed by atoms with Gasteiger partial charge >= 0.3 is 0 Å². The van der Waals surface area contributed by atoms with Crippen LogP contribution >= 0.6 is 0 Å². The lowest BCUT2D eigenvalue weighted by Gasteiger charge is -2.44. The molecule has 3 saturated carbocycles. The second kappa shape index (κ2) is 10.5. The van der Waals surface area contributed by atoms with Crippen LogP contribution in [0, 0.1) is 35.0 Å². The van der Waals surface area contributed by atoms with E-state index in [1.54, 1.807) is 5.57 Å². The van der Waals surface area contributed by atoms with Crippen molar-refractivity contribution >= 4 is 0 Å². The summed E-state index contributed by atoms with van der Waals surface area (Å²) >= 11 is 0. The number of aliphatic hydroxyl groups excluding tert-OH is 1. The molecule has 3 N–H and O–H groups in total. The third-order valence-electron chi connectivity index (χ3n) is 8.63. The standard InChI is InChI=1S/C28H44O.H2O/c1-19(2)20(3)9-10-22(5)26-15-16-27-23(8-7-17-28(26,27)6)12-13-24-18-25(29)14-11-21(24)4;/h9-10,12-13,19-20,22,25-27,29H,4,7-8,11,14-18H2,1-3,5-6H3;1H2/b10-9+,23-12+,24-13+;/t20-,22+,25-,26+,27-,28+;/m0./s1. The average molecular weight is 415 g/mol. The number of allylic oxidation sites excluding steroid dienone is 6. The predicted octanol–water partition coefficient (Wildman–Crippen LogP) is 6.82. The molecule has 0 amide bonds. The molecule has 0 heterocycles. The van der Waals surface area contributed by atoms with Gasteiger partial charge in [0.2, 0.25) is 0 Å². The largest absolute Gasteiger partial charge is 0.412 e. The first-order valence-corrected chi connectivity index (χ1v) is 12.2. The van der Waals surface area contributed by atoms with Gasteiger partial charge in [0.15, 0.2) is 0 Å². The average Bonchev–Trinajstić information content (AvgIpc) is 3.04. The van der Waals surface area contributed by atoms with Crippen molar-refractivity contribution in [3.05, 3.63) is 47.6 Å². The van der Waals surface area contributed by atoms with Crippen LogP contribution in [0.4, 0.5) is 0 Å². The second-order valence-corrected chi connectivity index (χ2v) is 10.9. The minimum absolute atomic E-state index is 0. The number of hydrogen-bond acceptors (Lipinski definition) is 1. The highest BCUT2D eigenvalue weighted by molar-refractivity contribution is 5.36. The maximum absolute atomic E-state index is 10.0. The van der Waals surface area contributed by atoms with Crippen LogP contribution in [-0.4, -0.2) is 16.7 Å². The summed E-state index contributed by atoms with van der Waals surface area (Å²) in [6, 6.07) is 0. The van der Waals surface area contributed by atoms with Gasteiger partial charge in [0.1, 0.15) is 0 Å². The third-order valence-corrected chi connectivity index (χ3v) is 8.63. The normalized spacial score (nSPS) is 36.9. The first kappa shape index (κ1) is 25.1. The molecule has 0 radical (unpaired) electrons. The Morgan fingerprint density at radius 2 is 1.77 bits per heavy atom. The molecular formula is C28H46O2. The molecule has 3 aliphatic carbocycles. The summed E-state index contributed by atoms with van der Waals surface area (Å²) in [5.74, 6) is 3.58. The minimum Gasteiger partial charge on any atom is -0.412 e. The summed E-state index contributed by atoms with van der Waals surface area (Å²) in [4.78, 5) is 0. The van der Waals surface area contributed by atoms with Gasteiger partial charge in [0.25, 0.3) is 0 Å². The van der Waals surface area contributed by atoms with E-state index in [-0.39, 0.29) is 11.6 Å². The van der Waals surface area contributed by atoms with Crippen LogP contribution in [-0.2, 0) is 0 Å². The van der Waals surface area contributed by atoms with Gasteiger partial charge in [-0.2, -0.15) is 0 Å². The summed E-state index contributed by atoms with van der Waals surface area (Å²) in [5, 5.41) is 10.0. The predicted molar refractivity (Wildman–Crippen MR) is 129 cm³/mol. The SMILES string of the molecule is C=C1CC[C@H](O)C/C1=C\C=C1/CCC[C@]2(C)[C@@H]([C@H](C)/C=C/[C@H](C)C(C)C)CC[C@@H]12.O. The van der Waals surface area contributed by atoms with Gasteiger partial charge in [0.05, 0.1) is 6.10 Å². The van der Waals surface area contributed by atoms with Crippen molar-refractivity contribution in [1.82, 2.24) is 0 Å². The maximum Gasteiger partial charge on any atom is 0.0583 e. The van der Waals surface area contributed by atoms with E-state index in [1.165, 1.54) is 43.3 Å². The van der Waals surface area contributed by atoms with Crippen molar-refractivity contribution in [2.24, 2.45) is 35.0 Å². The third kappa shape index (κ3) is 5.37. The highest BCUT2D eigenvalue weighted by Gasteiger charge is 2.50. The Morgan fingerprint density at radius 3 is 2.47 bits per heavy atom. The van der Waals surface area contributed by atoms with E-state index >= 15 is 0 Å². The van der Waals surface area contributed by atoms with E-state index < -0.39 is 0 Å².